The van der Waals surface area contributed by atoms with E-state index in [9.17, 15) is 14.9 Å². The van der Waals surface area contributed by atoms with E-state index in [4.69, 9.17) is 9.47 Å². The second-order valence-electron chi connectivity index (χ2n) is 5.48. The fraction of sp³-hybridized carbons (Fsp3) is 0.235. The molecule has 1 aliphatic heterocycles. The van der Waals surface area contributed by atoms with Crippen molar-refractivity contribution in [3.8, 4) is 11.5 Å². The Morgan fingerprint density at radius 3 is 2.62 bits per heavy atom. The average Bonchev–Trinajstić information content (AvgIpc) is 3.06. The van der Waals surface area contributed by atoms with Gasteiger partial charge in [0.1, 0.15) is 0 Å². The van der Waals surface area contributed by atoms with Gasteiger partial charge in [0.25, 0.3) is 5.69 Å². The Morgan fingerprint density at radius 1 is 1.21 bits per heavy atom. The van der Waals surface area contributed by atoms with Crippen molar-refractivity contribution in [3.63, 3.8) is 0 Å². The minimum Gasteiger partial charge on any atom is -0.454 e. The lowest BCUT2D eigenvalue weighted by molar-refractivity contribution is -0.384. The number of nitrogens with zero attached hydrogens (tertiary/aromatic N) is 1. The van der Waals surface area contributed by atoms with E-state index >= 15 is 0 Å². The Hall–Kier alpha value is -3.09. The summed E-state index contributed by atoms with van der Waals surface area (Å²) in [4.78, 5) is 22.5. The summed E-state index contributed by atoms with van der Waals surface area (Å²) in [6, 6.07) is 11.5. The number of hydrogen-bond donors (Lipinski definition) is 1. The average molecular weight is 328 g/mol. The van der Waals surface area contributed by atoms with Gasteiger partial charge in [-0.2, -0.15) is 0 Å². The third kappa shape index (κ3) is 3.29. The molecule has 0 bridgehead atoms. The molecule has 1 N–H and O–H groups in total. The minimum atomic E-state index is -0.464. The highest BCUT2D eigenvalue weighted by Crippen LogP contribution is 2.32. The molecular formula is C17H16N2O5. The summed E-state index contributed by atoms with van der Waals surface area (Å²) in [7, 11) is 0. The summed E-state index contributed by atoms with van der Waals surface area (Å²) < 4.78 is 10.5. The van der Waals surface area contributed by atoms with Crippen LogP contribution in [0.2, 0.25) is 0 Å². The van der Waals surface area contributed by atoms with Crippen molar-refractivity contribution in [2.75, 3.05) is 6.79 Å². The minimum absolute atomic E-state index is 0.00622. The van der Waals surface area contributed by atoms with Crippen LogP contribution in [0.3, 0.4) is 0 Å². The van der Waals surface area contributed by atoms with Gasteiger partial charge in [0, 0.05) is 18.7 Å². The predicted molar refractivity (Wildman–Crippen MR) is 85.9 cm³/mol. The van der Waals surface area contributed by atoms with Crippen molar-refractivity contribution < 1.29 is 19.2 Å². The van der Waals surface area contributed by atoms with Gasteiger partial charge in [-0.1, -0.05) is 18.2 Å². The SMILES string of the molecule is C[C@@H](C(=O)NCc1ccc2c(c1)OCO2)c1ccc([N+](=O)[O-])cc1. The zero-order valence-electron chi connectivity index (χ0n) is 13.0. The number of nitro benzene ring substituents is 1. The molecule has 1 atom stereocenters. The summed E-state index contributed by atoms with van der Waals surface area (Å²) in [6.07, 6.45) is 0. The summed E-state index contributed by atoms with van der Waals surface area (Å²) >= 11 is 0. The van der Waals surface area contributed by atoms with Crippen LogP contribution in [0.4, 0.5) is 5.69 Å². The number of amides is 1. The molecule has 0 saturated heterocycles. The van der Waals surface area contributed by atoms with Crippen LogP contribution in [0.15, 0.2) is 42.5 Å². The number of ether oxygens (including phenoxy) is 2. The van der Waals surface area contributed by atoms with E-state index < -0.39 is 10.8 Å². The van der Waals surface area contributed by atoms with Crippen molar-refractivity contribution in [2.24, 2.45) is 0 Å². The fourth-order valence-corrected chi connectivity index (χ4v) is 2.43. The van der Waals surface area contributed by atoms with E-state index in [2.05, 4.69) is 5.32 Å². The lowest BCUT2D eigenvalue weighted by Crippen LogP contribution is -2.27. The van der Waals surface area contributed by atoms with Crippen LogP contribution in [0.1, 0.15) is 24.0 Å². The summed E-state index contributed by atoms with van der Waals surface area (Å²) in [5.41, 5.74) is 1.64. The van der Waals surface area contributed by atoms with Gasteiger partial charge >= 0.3 is 0 Å². The van der Waals surface area contributed by atoms with E-state index in [0.29, 0.717) is 18.0 Å². The first-order valence-corrected chi connectivity index (χ1v) is 7.45. The summed E-state index contributed by atoms with van der Waals surface area (Å²) in [6.45, 7) is 2.34. The predicted octanol–water partition coefficient (Wildman–Crippen LogP) is 2.74. The van der Waals surface area contributed by atoms with Gasteiger partial charge in [-0.15, -0.1) is 0 Å². The molecule has 1 aliphatic rings. The monoisotopic (exact) mass is 328 g/mol. The van der Waals surface area contributed by atoms with Gasteiger partial charge in [-0.3, -0.25) is 14.9 Å². The first-order chi connectivity index (χ1) is 11.5. The number of non-ortho nitro benzene ring substituents is 1. The normalized spacial score (nSPS) is 13.4. The molecule has 0 aromatic heterocycles. The topological polar surface area (TPSA) is 90.7 Å². The van der Waals surface area contributed by atoms with E-state index in [1.165, 1.54) is 12.1 Å². The number of carbonyl (C=O) groups is 1. The van der Waals surface area contributed by atoms with Gasteiger partial charge in [-0.05, 0) is 30.2 Å². The quantitative estimate of drug-likeness (QED) is 0.673. The van der Waals surface area contributed by atoms with Crippen molar-refractivity contribution in [1.82, 2.24) is 5.32 Å². The molecular weight excluding hydrogens is 312 g/mol. The van der Waals surface area contributed by atoms with Crippen LogP contribution < -0.4 is 14.8 Å². The third-order valence-corrected chi connectivity index (χ3v) is 3.90. The third-order valence-electron chi connectivity index (χ3n) is 3.90. The highest BCUT2D eigenvalue weighted by molar-refractivity contribution is 5.83. The van der Waals surface area contributed by atoms with Crippen LogP contribution in [0, 0.1) is 10.1 Å². The van der Waals surface area contributed by atoms with Crippen molar-refractivity contribution in [1.29, 1.82) is 0 Å². The molecule has 0 saturated carbocycles. The molecule has 124 valence electrons. The molecule has 0 spiro atoms. The van der Waals surface area contributed by atoms with Crippen LogP contribution in [-0.4, -0.2) is 17.6 Å². The van der Waals surface area contributed by atoms with E-state index in [-0.39, 0.29) is 18.4 Å². The largest absolute Gasteiger partial charge is 0.454 e. The fourth-order valence-electron chi connectivity index (χ4n) is 2.43. The second-order valence-corrected chi connectivity index (χ2v) is 5.48. The number of nitrogens with one attached hydrogen (secondary N) is 1. The van der Waals surface area contributed by atoms with E-state index in [0.717, 1.165) is 11.1 Å². The Morgan fingerprint density at radius 2 is 1.92 bits per heavy atom. The Balaban J connectivity index is 1.60. The zero-order chi connectivity index (χ0) is 17.1. The molecule has 24 heavy (non-hydrogen) atoms. The Labute approximate surface area is 138 Å². The Kier molecular flexibility index (Phi) is 4.33. The summed E-state index contributed by atoms with van der Waals surface area (Å²) in [5, 5.41) is 13.5. The standard InChI is InChI=1S/C17H16N2O5/c1-11(13-3-5-14(6-4-13)19(21)22)17(20)18-9-12-2-7-15-16(8-12)24-10-23-15/h2-8,11H,9-10H2,1H3,(H,18,20)/t11-/m1/s1. The summed E-state index contributed by atoms with van der Waals surface area (Å²) in [5.74, 6) is 0.816. The molecule has 1 heterocycles. The van der Waals surface area contributed by atoms with Crippen molar-refractivity contribution in [3.05, 3.63) is 63.7 Å². The van der Waals surface area contributed by atoms with Crippen LogP contribution in [-0.2, 0) is 11.3 Å². The number of carbonyl (C=O) groups excluding carboxylic acids is 1. The lowest BCUT2D eigenvalue weighted by atomic mass is 10.00. The van der Waals surface area contributed by atoms with Gasteiger partial charge < -0.3 is 14.8 Å². The number of hydrogen-bond acceptors (Lipinski definition) is 5. The number of fused-ring (bicyclic) bond motifs is 1. The maximum atomic E-state index is 12.3. The lowest BCUT2D eigenvalue weighted by Gasteiger charge is -2.12. The smallest absolute Gasteiger partial charge is 0.269 e. The maximum Gasteiger partial charge on any atom is 0.269 e. The second kappa shape index (κ2) is 6.57. The van der Waals surface area contributed by atoms with Crippen molar-refractivity contribution in [2.45, 2.75) is 19.4 Å². The highest BCUT2D eigenvalue weighted by Gasteiger charge is 2.17. The number of nitro groups is 1. The molecule has 2 aromatic rings. The maximum absolute atomic E-state index is 12.3. The van der Waals surface area contributed by atoms with E-state index in [1.54, 1.807) is 19.1 Å². The molecule has 7 nitrogen and oxygen atoms in total. The van der Waals surface area contributed by atoms with Gasteiger partial charge in [0.05, 0.1) is 10.8 Å². The molecule has 1 amide bonds. The van der Waals surface area contributed by atoms with Gasteiger partial charge in [0.2, 0.25) is 12.7 Å². The van der Waals surface area contributed by atoms with Gasteiger partial charge in [-0.25, -0.2) is 0 Å². The number of benzene rings is 2. The van der Waals surface area contributed by atoms with E-state index in [1.807, 2.05) is 18.2 Å². The van der Waals surface area contributed by atoms with Crippen LogP contribution >= 0.6 is 0 Å². The molecule has 0 aliphatic carbocycles. The zero-order valence-corrected chi connectivity index (χ0v) is 13.0. The van der Waals surface area contributed by atoms with Gasteiger partial charge in [0.15, 0.2) is 11.5 Å². The molecule has 2 aromatic carbocycles. The first kappa shape index (κ1) is 15.8. The Bertz CT molecular complexity index is 773. The van der Waals surface area contributed by atoms with Crippen molar-refractivity contribution >= 4 is 11.6 Å². The molecule has 7 heteroatoms. The first-order valence-electron chi connectivity index (χ1n) is 7.45. The van der Waals surface area contributed by atoms with Crippen LogP contribution in [0.5, 0.6) is 11.5 Å². The number of rotatable bonds is 5. The van der Waals surface area contributed by atoms with Crippen LogP contribution in [0.25, 0.3) is 0 Å². The molecule has 0 radical (unpaired) electrons. The highest BCUT2D eigenvalue weighted by atomic mass is 16.7. The molecule has 0 unspecified atom stereocenters. The molecule has 0 fully saturated rings. The molecule has 3 rings (SSSR count).